The number of ether oxygens (including phenoxy) is 1. The average molecular weight is 417 g/mol. The standard InChI is InChI=1S/C23H29FN2O2S/c1-18-5-3-6-19(15-18)16-25(11-4-13-28-2)17-22(27)26-12-14-29-23(26)20-7-9-21(24)10-8-20/h3,5-10,15,23H,4,11-14,16-17H2,1-2H3. The Morgan fingerprint density at radius 2 is 2.07 bits per heavy atom. The minimum Gasteiger partial charge on any atom is -0.385 e. The summed E-state index contributed by atoms with van der Waals surface area (Å²) in [5, 5.41) is -0.0390. The van der Waals surface area contributed by atoms with Crippen LogP contribution in [-0.4, -0.2) is 54.8 Å². The number of rotatable bonds is 9. The predicted octanol–water partition coefficient (Wildman–Crippen LogP) is 4.25. The highest BCUT2D eigenvalue weighted by Crippen LogP contribution is 2.37. The van der Waals surface area contributed by atoms with Crippen LogP contribution < -0.4 is 0 Å². The van der Waals surface area contributed by atoms with Gasteiger partial charge in [-0.1, -0.05) is 42.0 Å². The molecule has 0 bridgehead atoms. The monoisotopic (exact) mass is 416 g/mol. The largest absolute Gasteiger partial charge is 0.385 e. The van der Waals surface area contributed by atoms with Gasteiger partial charge in [-0.3, -0.25) is 9.69 Å². The van der Waals surface area contributed by atoms with Crippen LogP contribution in [0.3, 0.4) is 0 Å². The van der Waals surface area contributed by atoms with Gasteiger partial charge in [-0.25, -0.2) is 4.39 Å². The summed E-state index contributed by atoms with van der Waals surface area (Å²) in [6.45, 7) is 5.39. The van der Waals surface area contributed by atoms with Gasteiger partial charge in [0.05, 0.1) is 6.54 Å². The fourth-order valence-corrected chi connectivity index (χ4v) is 4.90. The zero-order valence-electron chi connectivity index (χ0n) is 17.1. The van der Waals surface area contributed by atoms with Crippen LogP contribution in [-0.2, 0) is 16.1 Å². The molecule has 0 radical (unpaired) electrons. The van der Waals surface area contributed by atoms with E-state index < -0.39 is 0 Å². The van der Waals surface area contributed by atoms with Crippen molar-refractivity contribution in [3.05, 3.63) is 71.0 Å². The number of methoxy groups -OCH3 is 1. The van der Waals surface area contributed by atoms with E-state index in [-0.39, 0.29) is 17.1 Å². The highest BCUT2D eigenvalue weighted by molar-refractivity contribution is 7.99. The lowest BCUT2D eigenvalue weighted by atomic mass is 10.1. The fraction of sp³-hybridized carbons (Fsp3) is 0.435. The molecule has 1 heterocycles. The summed E-state index contributed by atoms with van der Waals surface area (Å²) in [7, 11) is 1.70. The van der Waals surface area contributed by atoms with Crippen LogP contribution in [0.1, 0.15) is 28.5 Å². The Bertz CT molecular complexity index is 800. The van der Waals surface area contributed by atoms with Gasteiger partial charge >= 0.3 is 0 Å². The van der Waals surface area contributed by atoms with E-state index in [0.29, 0.717) is 13.2 Å². The van der Waals surface area contributed by atoms with Crippen LogP contribution in [0.2, 0.25) is 0 Å². The first kappa shape index (κ1) is 21.8. The number of amides is 1. The molecule has 1 amide bonds. The first-order valence-corrected chi connectivity index (χ1v) is 11.0. The van der Waals surface area contributed by atoms with Crippen molar-refractivity contribution in [2.45, 2.75) is 25.3 Å². The molecule has 1 saturated heterocycles. The van der Waals surface area contributed by atoms with E-state index in [4.69, 9.17) is 4.74 Å². The van der Waals surface area contributed by atoms with Crippen LogP contribution in [0.15, 0.2) is 48.5 Å². The predicted molar refractivity (Wildman–Crippen MR) is 116 cm³/mol. The highest BCUT2D eigenvalue weighted by Gasteiger charge is 2.31. The molecule has 1 unspecified atom stereocenters. The second-order valence-electron chi connectivity index (χ2n) is 7.41. The van der Waals surface area contributed by atoms with Gasteiger partial charge in [0.2, 0.25) is 5.91 Å². The molecule has 0 saturated carbocycles. The van der Waals surface area contributed by atoms with E-state index in [0.717, 1.165) is 37.4 Å². The van der Waals surface area contributed by atoms with Gasteiger partial charge < -0.3 is 9.64 Å². The number of hydrogen-bond donors (Lipinski definition) is 0. The summed E-state index contributed by atoms with van der Waals surface area (Å²) >= 11 is 1.74. The molecule has 1 aliphatic heterocycles. The second-order valence-corrected chi connectivity index (χ2v) is 8.60. The van der Waals surface area contributed by atoms with E-state index in [1.54, 1.807) is 31.0 Å². The molecule has 1 atom stereocenters. The summed E-state index contributed by atoms with van der Waals surface area (Å²) in [5.41, 5.74) is 3.41. The van der Waals surface area contributed by atoms with E-state index in [9.17, 15) is 9.18 Å². The lowest BCUT2D eigenvalue weighted by Gasteiger charge is -2.28. The number of halogens is 1. The van der Waals surface area contributed by atoms with Crippen molar-refractivity contribution in [1.82, 2.24) is 9.80 Å². The second kappa shape index (κ2) is 10.8. The number of hydrogen-bond acceptors (Lipinski definition) is 4. The lowest BCUT2D eigenvalue weighted by Crippen LogP contribution is -2.40. The van der Waals surface area contributed by atoms with Crippen LogP contribution >= 0.6 is 11.8 Å². The maximum atomic E-state index is 13.3. The third-order valence-corrected chi connectivity index (χ3v) is 6.30. The average Bonchev–Trinajstić information content (AvgIpc) is 3.19. The van der Waals surface area contributed by atoms with Crippen molar-refractivity contribution < 1.29 is 13.9 Å². The van der Waals surface area contributed by atoms with Gasteiger partial charge in [-0.15, -0.1) is 11.8 Å². The Morgan fingerprint density at radius 1 is 1.28 bits per heavy atom. The zero-order chi connectivity index (χ0) is 20.6. The summed E-state index contributed by atoms with van der Waals surface area (Å²) in [6.07, 6.45) is 0.881. The van der Waals surface area contributed by atoms with Gasteiger partial charge in [0.1, 0.15) is 11.2 Å². The van der Waals surface area contributed by atoms with Crippen molar-refractivity contribution in [2.75, 3.05) is 39.1 Å². The minimum atomic E-state index is -0.253. The van der Waals surface area contributed by atoms with Crippen molar-refractivity contribution in [3.8, 4) is 0 Å². The molecule has 3 rings (SSSR count). The SMILES string of the molecule is COCCCN(CC(=O)N1CCSC1c1ccc(F)cc1)Cc1cccc(C)c1. The Hall–Kier alpha value is -1.89. The van der Waals surface area contributed by atoms with E-state index in [1.165, 1.54) is 23.3 Å². The lowest BCUT2D eigenvalue weighted by molar-refractivity contribution is -0.132. The number of thioether (sulfide) groups is 1. The molecule has 0 spiro atoms. The molecule has 4 nitrogen and oxygen atoms in total. The quantitative estimate of drug-likeness (QED) is 0.572. The first-order chi connectivity index (χ1) is 14.1. The Morgan fingerprint density at radius 3 is 2.79 bits per heavy atom. The maximum Gasteiger partial charge on any atom is 0.237 e. The summed E-state index contributed by atoms with van der Waals surface area (Å²) < 4.78 is 18.5. The van der Waals surface area contributed by atoms with Crippen LogP contribution in [0.5, 0.6) is 0 Å². The van der Waals surface area contributed by atoms with Crippen LogP contribution in [0, 0.1) is 12.7 Å². The molecule has 156 valence electrons. The van der Waals surface area contributed by atoms with E-state index in [2.05, 4.69) is 36.1 Å². The normalized spacial score (nSPS) is 16.6. The van der Waals surface area contributed by atoms with Gasteiger partial charge in [0.25, 0.3) is 0 Å². The summed E-state index contributed by atoms with van der Waals surface area (Å²) in [6, 6.07) is 14.9. The number of carbonyl (C=O) groups is 1. The van der Waals surface area contributed by atoms with Gasteiger partial charge in [0, 0.05) is 39.1 Å². The van der Waals surface area contributed by atoms with Gasteiger partial charge in [-0.05, 0) is 36.6 Å². The Balaban J connectivity index is 1.68. The fourth-order valence-electron chi connectivity index (χ4n) is 3.63. The summed E-state index contributed by atoms with van der Waals surface area (Å²) in [5.74, 6) is 0.765. The molecule has 2 aromatic rings. The molecule has 1 fully saturated rings. The van der Waals surface area contributed by atoms with Crippen molar-refractivity contribution in [2.24, 2.45) is 0 Å². The Labute approximate surface area is 177 Å². The molecule has 6 heteroatoms. The first-order valence-electron chi connectivity index (χ1n) is 10.00. The molecule has 29 heavy (non-hydrogen) atoms. The van der Waals surface area contributed by atoms with E-state index >= 15 is 0 Å². The molecule has 2 aromatic carbocycles. The number of benzene rings is 2. The number of nitrogens with zero attached hydrogens (tertiary/aromatic N) is 2. The number of carbonyl (C=O) groups excluding carboxylic acids is 1. The van der Waals surface area contributed by atoms with Crippen molar-refractivity contribution in [1.29, 1.82) is 0 Å². The molecule has 0 N–H and O–H groups in total. The smallest absolute Gasteiger partial charge is 0.237 e. The van der Waals surface area contributed by atoms with Crippen LogP contribution in [0.25, 0.3) is 0 Å². The zero-order valence-corrected chi connectivity index (χ0v) is 18.0. The third-order valence-electron chi connectivity index (χ3n) is 5.04. The topological polar surface area (TPSA) is 32.8 Å². The van der Waals surface area contributed by atoms with Crippen molar-refractivity contribution >= 4 is 17.7 Å². The maximum absolute atomic E-state index is 13.3. The van der Waals surface area contributed by atoms with Gasteiger partial charge in [-0.2, -0.15) is 0 Å². The molecular formula is C23H29FN2O2S. The molecule has 1 aliphatic rings. The van der Waals surface area contributed by atoms with Gasteiger partial charge in [0.15, 0.2) is 0 Å². The highest BCUT2D eigenvalue weighted by atomic mass is 32.2. The minimum absolute atomic E-state index is 0.0390. The van der Waals surface area contributed by atoms with Crippen LogP contribution in [0.4, 0.5) is 4.39 Å². The van der Waals surface area contributed by atoms with Crippen molar-refractivity contribution in [3.63, 3.8) is 0 Å². The molecular weight excluding hydrogens is 387 g/mol. The summed E-state index contributed by atoms with van der Waals surface area (Å²) in [4.78, 5) is 17.3. The Kier molecular flexibility index (Phi) is 8.09. The molecule has 0 aliphatic carbocycles. The van der Waals surface area contributed by atoms with E-state index in [1.807, 2.05) is 4.90 Å². The molecule has 0 aromatic heterocycles. The third kappa shape index (κ3) is 6.29. The number of aryl methyl sites for hydroxylation is 1.